The summed E-state index contributed by atoms with van der Waals surface area (Å²) >= 11 is 0. The lowest BCUT2D eigenvalue weighted by Gasteiger charge is -2.12. The monoisotopic (exact) mass is 424 g/mol. The van der Waals surface area contributed by atoms with E-state index < -0.39 is 37.1 Å². The Morgan fingerprint density at radius 2 is 1.86 bits per heavy atom. The van der Waals surface area contributed by atoms with Gasteiger partial charge >= 0.3 is 5.76 Å². The van der Waals surface area contributed by atoms with Crippen LogP contribution in [0.2, 0.25) is 0 Å². The minimum Gasteiger partial charge on any atom is -0.370 e. The van der Waals surface area contributed by atoms with Gasteiger partial charge in [0.05, 0.1) is 15.9 Å². The molecule has 12 heteroatoms. The van der Waals surface area contributed by atoms with E-state index >= 15 is 0 Å². The number of nitro benzene ring substituents is 1. The summed E-state index contributed by atoms with van der Waals surface area (Å²) in [6, 6.07) is 10.8. The quantitative estimate of drug-likeness (QED) is 0.448. The molecule has 0 aliphatic carbocycles. The van der Waals surface area contributed by atoms with E-state index in [0.29, 0.717) is 11.6 Å². The maximum Gasteiger partial charge on any atom is 0.341 e. The molecule has 0 spiro atoms. The standard InChI is InChI=1S/C17H14F2N4O5S/c1-10(15-21-16(28-22-15)11-5-3-2-4-6-11)20-13-8-7-12(9-14(13)23(24)25)29(26,27)17(18)19/h2-10,17,20H,1H3. The van der Waals surface area contributed by atoms with Gasteiger partial charge in [0, 0.05) is 11.6 Å². The maximum absolute atomic E-state index is 12.7. The van der Waals surface area contributed by atoms with Gasteiger partial charge in [-0.05, 0) is 31.2 Å². The van der Waals surface area contributed by atoms with Crippen LogP contribution in [0.25, 0.3) is 11.5 Å². The van der Waals surface area contributed by atoms with Gasteiger partial charge in [0.15, 0.2) is 5.82 Å². The molecule has 0 bridgehead atoms. The second-order valence-corrected chi connectivity index (χ2v) is 7.85. The van der Waals surface area contributed by atoms with Gasteiger partial charge in [-0.1, -0.05) is 23.4 Å². The lowest BCUT2D eigenvalue weighted by molar-refractivity contribution is -0.384. The summed E-state index contributed by atoms with van der Waals surface area (Å²) in [4.78, 5) is 13.8. The third kappa shape index (κ3) is 4.21. The van der Waals surface area contributed by atoms with Crippen molar-refractivity contribution in [1.82, 2.24) is 10.1 Å². The topological polar surface area (TPSA) is 128 Å². The van der Waals surface area contributed by atoms with E-state index in [0.717, 1.165) is 12.1 Å². The molecule has 1 aromatic heterocycles. The Morgan fingerprint density at radius 1 is 1.17 bits per heavy atom. The highest BCUT2D eigenvalue weighted by Crippen LogP contribution is 2.32. The first-order valence-corrected chi connectivity index (χ1v) is 9.71. The van der Waals surface area contributed by atoms with Crippen LogP contribution in [-0.2, 0) is 9.84 Å². The van der Waals surface area contributed by atoms with Crippen LogP contribution in [0, 0.1) is 10.1 Å². The van der Waals surface area contributed by atoms with Crippen LogP contribution in [-0.4, -0.2) is 29.2 Å². The number of sulfone groups is 1. The van der Waals surface area contributed by atoms with Gasteiger partial charge in [0.1, 0.15) is 5.69 Å². The van der Waals surface area contributed by atoms with E-state index in [1.807, 2.05) is 6.07 Å². The van der Waals surface area contributed by atoms with Gasteiger partial charge in [-0.3, -0.25) is 10.1 Å². The molecular formula is C17H14F2N4O5S. The number of hydrogen-bond acceptors (Lipinski definition) is 8. The number of anilines is 1. The number of hydrogen-bond donors (Lipinski definition) is 1. The molecular weight excluding hydrogens is 410 g/mol. The number of nitro groups is 1. The zero-order chi connectivity index (χ0) is 21.2. The van der Waals surface area contributed by atoms with Gasteiger partial charge in [-0.25, -0.2) is 8.42 Å². The predicted octanol–water partition coefficient (Wildman–Crippen LogP) is 3.81. The normalized spacial score (nSPS) is 12.7. The van der Waals surface area contributed by atoms with Crippen LogP contribution in [0.1, 0.15) is 18.8 Å². The first kappa shape index (κ1) is 20.3. The molecule has 3 aromatic rings. The van der Waals surface area contributed by atoms with Crippen molar-refractivity contribution in [2.24, 2.45) is 0 Å². The summed E-state index contributed by atoms with van der Waals surface area (Å²) in [6.07, 6.45) is 0. The summed E-state index contributed by atoms with van der Waals surface area (Å²) in [6.45, 7) is 1.60. The van der Waals surface area contributed by atoms with Crippen LogP contribution in [0.15, 0.2) is 57.9 Å². The molecule has 0 amide bonds. The fraction of sp³-hybridized carbons (Fsp3) is 0.176. The molecule has 152 valence electrons. The summed E-state index contributed by atoms with van der Waals surface area (Å²) in [5.41, 5.74) is -0.0712. The van der Waals surface area contributed by atoms with Crippen molar-refractivity contribution in [1.29, 1.82) is 0 Å². The summed E-state index contributed by atoms with van der Waals surface area (Å²) in [7, 11) is -4.96. The third-order valence-electron chi connectivity index (χ3n) is 3.95. The Hall–Kier alpha value is -3.41. The van der Waals surface area contributed by atoms with E-state index in [-0.39, 0.29) is 17.4 Å². The molecule has 0 fully saturated rings. The number of alkyl halides is 2. The van der Waals surface area contributed by atoms with Gasteiger partial charge < -0.3 is 9.84 Å². The van der Waals surface area contributed by atoms with Crippen molar-refractivity contribution in [3.8, 4) is 11.5 Å². The first-order valence-electron chi connectivity index (χ1n) is 8.16. The molecule has 3 rings (SSSR count). The van der Waals surface area contributed by atoms with Gasteiger partial charge in [-0.2, -0.15) is 13.8 Å². The molecule has 1 unspecified atom stereocenters. The SMILES string of the molecule is CC(Nc1ccc(S(=O)(=O)C(F)F)cc1[N+](=O)[O-])c1noc(-c2ccccc2)n1. The third-order valence-corrected chi connectivity index (χ3v) is 5.33. The lowest BCUT2D eigenvalue weighted by Crippen LogP contribution is -2.13. The van der Waals surface area contributed by atoms with Crippen molar-refractivity contribution in [3.63, 3.8) is 0 Å². The Bertz CT molecular complexity index is 1140. The molecule has 1 atom stereocenters. The van der Waals surface area contributed by atoms with Crippen LogP contribution in [0.4, 0.5) is 20.2 Å². The van der Waals surface area contributed by atoms with Crippen LogP contribution < -0.4 is 5.32 Å². The van der Waals surface area contributed by atoms with Gasteiger partial charge in [-0.15, -0.1) is 0 Å². The van der Waals surface area contributed by atoms with E-state index in [1.165, 1.54) is 0 Å². The second kappa shape index (κ2) is 7.91. The van der Waals surface area contributed by atoms with Gasteiger partial charge in [0.25, 0.3) is 11.6 Å². The molecule has 2 aromatic carbocycles. The number of rotatable bonds is 7. The minimum absolute atomic E-state index is 0.0817. The van der Waals surface area contributed by atoms with Crippen LogP contribution >= 0.6 is 0 Å². The van der Waals surface area contributed by atoms with Crippen LogP contribution in [0.5, 0.6) is 0 Å². The van der Waals surface area contributed by atoms with Crippen molar-refractivity contribution in [3.05, 3.63) is 64.5 Å². The second-order valence-electron chi connectivity index (χ2n) is 5.93. The molecule has 0 aliphatic heterocycles. The average molecular weight is 424 g/mol. The molecule has 1 heterocycles. The first-order chi connectivity index (χ1) is 13.7. The Morgan fingerprint density at radius 3 is 2.48 bits per heavy atom. The van der Waals surface area contributed by atoms with Crippen LogP contribution in [0.3, 0.4) is 0 Å². The zero-order valence-corrected chi connectivity index (χ0v) is 15.6. The van der Waals surface area contributed by atoms with E-state index in [4.69, 9.17) is 4.52 Å². The lowest BCUT2D eigenvalue weighted by atomic mass is 10.2. The number of halogens is 2. The minimum atomic E-state index is -4.96. The van der Waals surface area contributed by atoms with Crippen molar-refractivity contribution in [2.45, 2.75) is 23.6 Å². The number of aromatic nitrogens is 2. The Labute approximate surface area is 163 Å². The Kier molecular flexibility index (Phi) is 5.55. The fourth-order valence-corrected chi connectivity index (χ4v) is 3.21. The highest BCUT2D eigenvalue weighted by atomic mass is 32.2. The fourth-order valence-electron chi connectivity index (χ4n) is 2.47. The summed E-state index contributed by atoms with van der Waals surface area (Å²) in [5, 5.41) is 17.9. The Balaban J connectivity index is 1.88. The largest absolute Gasteiger partial charge is 0.370 e. The number of benzene rings is 2. The summed E-state index contributed by atoms with van der Waals surface area (Å²) < 4.78 is 53.7. The average Bonchev–Trinajstić information content (AvgIpc) is 3.19. The highest BCUT2D eigenvalue weighted by molar-refractivity contribution is 7.91. The zero-order valence-electron chi connectivity index (χ0n) is 14.8. The maximum atomic E-state index is 12.7. The highest BCUT2D eigenvalue weighted by Gasteiger charge is 2.30. The summed E-state index contributed by atoms with van der Waals surface area (Å²) in [5.74, 6) is -3.24. The van der Waals surface area contributed by atoms with E-state index in [1.54, 1.807) is 31.2 Å². The molecule has 0 radical (unpaired) electrons. The smallest absolute Gasteiger partial charge is 0.341 e. The number of nitrogens with one attached hydrogen (secondary N) is 1. The molecule has 29 heavy (non-hydrogen) atoms. The number of nitrogens with zero attached hydrogens (tertiary/aromatic N) is 3. The molecule has 1 N–H and O–H groups in total. The van der Waals surface area contributed by atoms with Gasteiger partial charge in [0.2, 0.25) is 9.84 Å². The van der Waals surface area contributed by atoms with Crippen molar-refractivity contribution < 1.29 is 26.6 Å². The van der Waals surface area contributed by atoms with E-state index in [2.05, 4.69) is 15.5 Å². The van der Waals surface area contributed by atoms with Crippen molar-refractivity contribution in [2.75, 3.05) is 5.32 Å². The molecule has 9 nitrogen and oxygen atoms in total. The van der Waals surface area contributed by atoms with E-state index in [9.17, 15) is 27.3 Å². The predicted molar refractivity (Wildman–Crippen MR) is 98.1 cm³/mol. The van der Waals surface area contributed by atoms with Crippen molar-refractivity contribution >= 4 is 21.2 Å². The molecule has 0 saturated carbocycles. The molecule has 0 aliphatic rings. The molecule has 0 saturated heterocycles.